The summed E-state index contributed by atoms with van der Waals surface area (Å²) in [4.78, 5) is 0. The van der Waals surface area contributed by atoms with E-state index >= 15 is 0 Å². The van der Waals surface area contributed by atoms with Crippen molar-refractivity contribution in [1.29, 1.82) is 0 Å². The minimum atomic E-state index is -0.295. The molecule has 5 aromatic rings. The fraction of sp³-hybridized carbons (Fsp3) is 0.0500. The zero-order valence-corrected chi connectivity index (χ0v) is 15.7. The van der Waals surface area contributed by atoms with Gasteiger partial charge in [0.15, 0.2) is 5.76 Å². The molecular formula is C20H15ClFN5O2. The molecule has 0 fully saturated rings. The molecule has 0 saturated heterocycles. The van der Waals surface area contributed by atoms with Gasteiger partial charge in [0.2, 0.25) is 5.89 Å². The van der Waals surface area contributed by atoms with Crippen LogP contribution >= 0.6 is 12.4 Å². The van der Waals surface area contributed by atoms with Gasteiger partial charge in [-0.15, -0.1) is 17.5 Å². The average molecular weight is 412 g/mol. The summed E-state index contributed by atoms with van der Waals surface area (Å²) in [7, 11) is 0. The maximum Gasteiger partial charge on any atom is 0.320 e. The summed E-state index contributed by atoms with van der Waals surface area (Å²) in [5, 5.41) is 19.3. The SMILES string of the molecule is Cl.Fc1cccc(Cc2nnc(Nc3ccc4[nH]nc(-c5ccco5)c4c3)o2)c1. The first-order valence-electron chi connectivity index (χ1n) is 8.60. The third kappa shape index (κ3) is 3.83. The van der Waals surface area contributed by atoms with Crippen molar-refractivity contribution in [2.45, 2.75) is 6.42 Å². The van der Waals surface area contributed by atoms with Crippen LogP contribution in [0.15, 0.2) is 69.7 Å². The minimum Gasteiger partial charge on any atom is -0.463 e. The van der Waals surface area contributed by atoms with Crippen LogP contribution in [0, 0.1) is 5.82 Å². The number of nitrogens with zero attached hydrogens (tertiary/aromatic N) is 3. The predicted molar refractivity (Wildman–Crippen MR) is 108 cm³/mol. The normalized spacial score (nSPS) is 10.8. The Kier molecular flexibility index (Phi) is 5.01. The standard InChI is InChI=1S/C20H14FN5O2.ClH/c21-13-4-1-3-12(9-13)10-18-24-26-20(28-18)22-14-6-7-16-15(11-14)19(25-23-16)17-5-2-8-27-17;/h1-9,11H,10H2,(H,22,26)(H,23,25);1H. The molecular weight excluding hydrogens is 397 g/mol. The zero-order valence-electron chi connectivity index (χ0n) is 14.9. The fourth-order valence-electron chi connectivity index (χ4n) is 3.01. The van der Waals surface area contributed by atoms with Gasteiger partial charge >= 0.3 is 6.01 Å². The van der Waals surface area contributed by atoms with E-state index < -0.39 is 0 Å². The van der Waals surface area contributed by atoms with Crippen molar-refractivity contribution in [3.8, 4) is 11.5 Å². The van der Waals surface area contributed by atoms with Crippen LogP contribution in [0.25, 0.3) is 22.4 Å². The molecule has 0 amide bonds. The van der Waals surface area contributed by atoms with E-state index in [0.29, 0.717) is 18.1 Å². The molecule has 29 heavy (non-hydrogen) atoms. The molecule has 146 valence electrons. The molecule has 0 atom stereocenters. The third-order valence-corrected chi connectivity index (χ3v) is 4.28. The Bertz CT molecular complexity index is 1250. The molecule has 0 spiro atoms. The molecule has 3 aromatic heterocycles. The topological polar surface area (TPSA) is 92.8 Å². The van der Waals surface area contributed by atoms with E-state index in [9.17, 15) is 4.39 Å². The maximum atomic E-state index is 13.3. The van der Waals surface area contributed by atoms with Gasteiger partial charge in [-0.05, 0) is 48.0 Å². The number of anilines is 2. The summed E-state index contributed by atoms with van der Waals surface area (Å²) < 4.78 is 24.4. The van der Waals surface area contributed by atoms with Gasteiger partial charge in [-0.25, -0.2) is 4.39 Å². The van der Waals surface area contributed by atoms with E-state index in [0.717, 1.165) is 27.8 Å². The van der Waals surface area contributed by atoms with E-state index in [1.807, 2.05) is 36.4 Å². The molecule has 2 N–H and O–H groups in total. The van der Waals surface area contributed by atoms with Gasteiger partial charge in [-0.2, -0.15) is 5.10 Å². The number of benzene rings is 2. The van der Waals surface area contributed by atoms with Crippen LogP contribution < -0.4 is 5.32 Å². The molecule has 9 heteroatoms. The van der Waals surface area contributed by atoms with Gasteiger partial charge < -0.3 is 14.2 Å². The third-order valence-electron chi connectivity index (χ3n) is 4.28. The Morgan fingerprint density at radius 1 is 1.03 bits per heavy atom. The van der Waals surface area contributed by atoms with Crippen molar-refractivity contribution in [2.24, 2.45) is 0 Å². The Hall–Kier alpha value is -3.65. The van der Waals surface area contributed by atoms with E-state index in [2.05, 4.69) is 25.7 Å². The molecule has 0 aliphatic carbocycles. The predicted octanol–water partition coefficient (Wildman–Crippen LogP) is 5.10. The minimum absolute atomic E-state index is 0. The van der Waals surface area contributed by atoms with Gasteiger partial charge in [0.05, 0.1) is 18.2 Å². The molecule has 3 heterocycles. The molecule has 5 rings (SSSR count). The largest absolute Gasteiger partial charge is 0.463 e. The molecule has 0 aliphatic rings. The lowest BCUT2D eigenvalue weighted by atomic mass is 10.1. The second-order valence-corrected chi connectivity index (χ2v) is 6.24. The number of rotatable bonds is 5. The number of H-pyrrole nitrogens is 1. The van der Waals surface area contributed by atoms with Crippen LogP contribution in [0.4, 0.5) is 16.1 Å². The van der Waals surface area contributed by atoms with Crippen molar-refractivity contribution < 1.29 is 13.2 Å². The van der Waals surface area contributed by atoms with Crippen molar-refractivity contribution in [2.75, 3.05) is 5.32 Å². The molecule has 0 aliphatic heterocycles. The van der Waals surface area contributed by atoms with Gasteiger partial charge in [0.1, 0.15) is 11.5 Å². The molecule has 0 saturated carbocycles. The molecule has 0 radical (unpaired) electrons. The number of furan rings is 1. The van der Waals surface area contributed by atoms with Crippen LogP contribution in [-0.2, 0) is 6.42 Å². The fourth-order valence-corrected chi connectivity index (χ4v) is 3.01. The lowest BCUT2D eigenvalue weighted by molar-refractivity contribution is 0.520. The number of halogens is 2. The van der Waals surface area contributed by atoms with Crippen molar-refractivity contribution in [3.05, 3.63) is 78.1 Å². The highest BCUT2D eigenvalue weighted by molar-refractivity contribution is 5.94. The van der Waals surface area contributed by atoms with Crippen LogP contribution in [0.2, 0.25) is 0 Å². The van der Waals surface area contributed by atoms with Crippen LogP contribution in [0.3, 0.4) is 0 Å². The van der Waals surface area contributed by atoms with E-state index in [-0.39, 0.29) is 24.2 Å². The monoisotopic (exact) mass is 411 g/mol. The highest BCUT2D eigenvalue weighted by Gasteiger charge is 2.13. The Labute approximate surface area is 170 Å². The Balaban J connectivity index is 0.00000205. The summed E-state index contributed by atoms with van der Waals surface area (Å²) in [5.74, 6) is 0.781. The number of fused-ring (bicyclic) bond motifs is 1. The first-order valence-corrected chi connectivity index (χ1v) is 8.60. The number of hydrogen-bond donors (Lipinski definition) is 2. The van der Waals surface area contributed by atoms with Crippen molar-refractivity contribution >= 4 is 35.0 Å². The van der Waals surface area contributed by atoms with Gasteiger partial charge in [0, 0.05) is 11.1 Å². The molecule has 0 bridgehead atoms. The lowest BCUT2D eigenvalue weighted by Crippen LogP contribution is -1.90. The first-order chi connectivity index (χ1) is 13.7. The second-order valence-electron chi connectivity index (χ2n) is 6.24. The quantitative estimate of drug-likeness (QED) is 0.418. The van der Waals surface area contributed by atoms with Crippen molar-refractivity contribution in [1.82, 2.24) is 20.4 Å². The number of aromatic nitrogens is 4. The first kappa shape index (κ1) is 18.7. The number of hydrogen-bond acceptors (Lipinski definition) is 6. The summed E-state index contributed by atoms with van der Waals surface area (Å²) in [6.07, 6.45) is 1.96. The zero-order chi connectivity index (χ0) is 18.9. The molecule has 7 nitrogen and oxygen atoms in total. The summed E-state index contributed by atoms with van der Waals surface area (Å²) in [6.45, 7) is 0. The van der Waals surface area contributed by atoms with Crippen LogP contribution in [0.1, 0.15) is 11.5 Å². The average Bonchev–Trinajstić information content (AvgIpc) is 3.42. The van der Waals surface area contributed by atoms with Crippen molar-refractivity contribution in [3.63, 3.8) is 0 Å². The van der Waals surface area contributed by atoms with E-state index in [4.69, 9.17) is 8.83 Å². The van der Waals surface area contributed by atoms with E-state index in [1.165, 1.54) is 12.1 Å². The summed E-state index contributed by atoms with van der Waals surface area (Å²) in [5.41, 5.74) is 3.14. The molecule has 2 aromatic carbocycles. The molecule has 0 unspecified atom stereocenters. The second kappa shape index (κ2) is 7.76. The van der Waals surface area contributed by atoms with E-state index in [1.54, 1.807) is 12.3 Å². The highest BCUT2D eigenvalue weighted by Crippen LogP contribution is 2.29. The lowest BCUT2D eigenvalue weighted by Gasteiger charge is -2.02. The number of aromatic amines is 1. The van der Waals surface area contributed by atoms with Gasteiger partial charge in [-0.1, -0.05) is 17.2 Å². The van der Waals surface area contributed by atoms with Crippen LogP contribution in [0.5, 0.6) is 0 Å². The summed E-state index contributed by atoms with van der Waals surface area (Å²) in [6, 6.07) is 15.9. The Morgan fingerprint density at radius 2 is 1.97 bits per heavy atom. The maximum absolute atomic E-state index is 13.3. The number of nitrogens with one attached hydrogen (secondary N) is 2. The van der Waals surface area contributed by atoms with Gasteiger partial charge in [0.25, 0.3) is 0 Å². The summed E-state index contributed by atoms with van der Waals surface area (Å²) >= 11 is 0. The highest BCUT2D eigenvalue weighted by atomic mass is 35.5. The van der Waals surface area contributed by atoms with Crippen LogP contribution in [-0.4, -0.2) is 20.4 Å². The Morgan fingerprint density at radius 3 is 2.79 bits per heavy atom. The smallest absolute Gasteiger partial charge is 0.320 e. The van der Waals surface area contributed by atoms with Gasteiger partial charge in [-0.3, -0.25) is 5.10 Å².